The van der Waals surface area contributed by atoms with Gasteiger partial charge in [0, 0.05) is 17.8 Å². The third-order valence-corrected chi connectivity index (χ3v) is 7.75. The van der Waals surface area contributed by atoms with Crippen LogP contribution in [-0.2, 0) is 4.79 Å². The molecule has 11 heteroatoms. The van der Waals surface area contributed by atoms with Crippen molar-refractivity contribution in [1.82, 2.24) is 20.5 Å². The molecule has 210 valence electrons. The first-order valence-corrected chi connectivity index (χ1v) is 13.9. The zero-order valence-electron chi connectivity index (χ0n) is 22.5. The van der Waals surface area contributed by atoms with Gasteiger partial charge in [0.05, 0.1) is 44.8 Å². The summed E-state index contributed by atoms with van der Waals surface area (Å²) < 4.78 is 0. The second kappa shape index (κ2) is 12.0. The first kappa shape index (κ1) is 28.2. The minimum atomic E-state index is -0.502. The lowest BCUT2D eigenvalue weighted by molar-refractivity contribution is -0.120. The molecular weight excluding hydrogens is 561 g/mol. The third kappa shape index (κ3) is 6.06. The predicted molar refractivity (Wildman–Crippen MR) is 163 cm³/mol. The van der Waals surface area contributed by atoms with Gasteiger partial charge in [-0.25, -0.2) is 4.98 Å². The quantitative estimate of drug-likeness (QED) is 0.208. The largest absolute Gasteiger partial charge is 0.384 e. The number of aryl methyl sites for hydroxylation is 1. The summed E-state index contributed by atoms with van der Waals surface area (Å²) in [5.41, 5.74) is 9.36. The van der Waals surface area contributed by atoms with E-state index < -0.39 is 11.8 Å². The fourth-order valence-corrected chi connectivity index (χ4v) is 5.44. The molecule has 5 N–H and O–H groups in total. The van der Waals surface area contributed by atoms with E-state index in [4.69, 9.17) is 28.9 Å². The van der Waals surface area contributed by atoms with E-state index in [0.29, 0.717) is 40.2 Å². The van der Waals surface area contributed by atoms with Gasteiger partial charge in [0.2, 0.25) is 5.91 Å². The molecule has 0 aliphatic carbocycles. The predicted octanol–water partition coefficient (Wildman–Crippen LogP) is 6.04. The monoisotopic (exact) mass is 589 g/mol. The molecule has 0 saturated carbocycles. The molecule has 0 bridgehead atoms. The molecule has 5 rings (SSSR count). The highest BCUT2D eigenvalue weighted by atomic mass is 35.5. The number of nitrogens with zero attached hydrogens (tertiary/aromatic N) is 3. The number of carbonyl (C=O) groups is 2. The number of aromatic nitrogens is 3. The Labute approximate surface area is 247 Å². The van der Waals surface area contributed by atoms with E-state index >= 15 is 0 Å². The summed E-state index contributed by atoms with van der Waals surface area (Å²) in [6.07, 6.45) is 4.13. The van der Waals surface area contributed by atoms with E-state index in [1.165, 1.54) is 6.07 Å². The number of anilines is 3. The summed E-state index contributed by atoms with van der Waals surface area (Å²) >= 11 is 13.0. The number of H-pyrrole nitrogens is 1. The molecule has 0 spiro atoms. The van der Waals surface area contributed by atoms with Crippen LogP contribution in [0.25, 0.3) is 11.3 Å². The van der Waals surface area contributed by atoms with Gasteiger partial charge in [-0.05, 0) is 55.3 Å². The number of hydrogen-bond donors (Lipinski definition) is 4. The topological polar surface area (TPSA) is 129 Å². The van der Waals surface area contributed by atoms with Crippen LogP contribution in [0, 0.1) is 18.8 Å². The highest BCUT2D eigenvalue weighted by molar-refractivity contribution is 6.38. The first-order chi connectivity index (χ1) is 19.7. The Hall–Kier alpha value is -4.34. The van der Waals surface area contributed by atoms with Gasteiger partial charge in [-0.3, -0.25) is 14.7 Å². The molecule has 0 saturated heterocycles. The number of nitrogen functional groups attached to an aromatic ring is 1. The van der Waals surface area contributed by atoms with Gasteiger partial charge in [-0.1, -0.05) is 60.8 Å². The van der Waals surface area contributed by atoms with Crippen molar-refractivity contribution < 1.29 is 9.59 Å². The zero-order valence-corrected chi connectivity index (χ0v) is 24.0. The maximum absolute atomic E-state index is 13.7. The fourth-order valence-electron chi connectivity index (χ4n) is 4.87. The number of carbonyl (C=O) groups excluding carboxylic acids is 2. The minimum Gasteiger partial charge on any atom is -0.384 e. The molecule has 9 nitrogen and oxygen atoms in total. The molecule has 1 aliphatic rings. The van der Waals surface area contributed by atoms with E-state index in [1.54, 1.807) is 36.5 Å². The van der Waals surface area contributed by atoms with Crippen molar-refractivity contribution in [3.05, 3.63) is 100 Å². The van der Waals surface area contributed by atoms with Crippen LogP contribution in [0.2, 0.25) is 10.0 Å². The van der Waals surface area contributed by atoms with E-state index in [0.717, 1.165) is 17.8 Å². The number of benzene rings is 2. The first-order valence-electron chi connectivity index (χ1n) is 13.1. The van der Waals surface area contributed by atoms with Gasteiger partial charge in [0.15, 0.2) is 0 Å². The molecule has 0 radical (unpaired) electrons. The van der Waals surface area contributed by atoms with Crippen LogP contribution in [0.3, 0.4) is 0 Å². The second-order valence-electron chi connectivity index (χ2n) is 9.80. The molecular formula is C30H29Cl2N7O2. The number of nitrogens with one attached hydrogen (secondary N) is 3. The number of para-hydroxylation sites is 1. The Bertz CT molecular complexity index is 1620. The molecule has 2 aromatic carbocycles. The minimum absolute atomic E-state index is 0.0107. The number of amides is 2. The van der Waals surface area contributed by atoms with E-state index in [9.17, 15) is 9.59 Å². The van der Waals surface area contributed by atoms with E-state index in [1.807, 2.05) is 49.1 Å². The summed E-state index contributed by atoms with van der Waals surface area (Å²) in [6.45, 7) is 4.40. The number of pyridine rings is 1. The molecule has 4 aromatic rings. The van der Waals surface area contributed by atoms with Crippen molar-refractivity contribution in [2.75, 3.05) is 22.5 Å². The Morgan fingerprint density at radius 3 is 2.54 bits per heavy atom. The number of hydrogen-bond acceptors (Lipinski definition) is 6. The maximum Gasteiger partial charge on any atom is 0.258 e. The van der Waals surface area contributed by atoms with Crippen molar-refractivity contribution in [2.24, 2.45) is 11.8 Å². The molecule has 0 fully saturated rings. The average molecular weight is 591 g/mol. The lowest BCUT2D eigenvalue weighted by Crippen LogP contribution is -2.46. The van der Waals surface area contributed by atoms with Crippen molar-refractivity contribution in [3.8, 4) is 11.3 Å². The molecule has 2 atom stereocenters. The standard InChI is InChI=1S/C30H29Cl2N7O2/c1-3-18-16-39(19-8-5-4-6-9-19)28(13-20(18)29(40)36-26-15-34-38-17(26)2)37-30(41)22-12-21(23(31)14-24(22)32)25-10-7-11-27(33)35-25/h4-15,18,20H,3,16H2,1-2H3,(H2,33,35)(H,34,38)(H,36,40)(H,37,41). The zero-order chi connectivity index (χ0) is 29.1. The van der Waals surface area contributed by atoms with Gasteiger partial charge >= 0.3 is 0 Å². The third-order valence-electron chi connectivity index (χ3n) is 7.13. The van der Waals surface area contributed by atoms with Crippen molar-refractivity contribution in [3.63, 3.8) is 0 Å². The molecule has 1 aliphatic heterocycles. The van der Waals surface area contributed by atoms with Crippen molar-refractivity contribution in [1.29, 1.82) is 0 Å². The number of aromatic amines is 1. The van der Waals surface area contributed by atoms with Gasteiger partial charge in [0.1, 0.15) is 11.6 Å². The molecule has 2 unspecified atom stereocenters. The molecule has 41 heavy (non-hydrogen) atoms. The van der Waals surface area contributed by atoms with E-state index in [2.05, 4.69) is 25.8 Å². The van der Waals surface area contributed by atoms with Gasteiger partial charge in [0.25, 0.3) is 5.91 Å². The second-order valence-corrected chi connectivity index (χ2v) is 10.6. The summed E-state index contributed by atoms with van der Waals surface area (Å²) in [5, 5.41) is 13.3. The van der Waals surface area contributed by atoms with Gasteiger partial charge < -0.3 is 21.3 Å². The van der Waals surface area contributed by atoms with E-state index in [-0.39, 0.29) is 22.4 Å². The Morgan fingerprint density at radius 2 is 1.85 bits per heavy atom. The van der Waals surface area contributed by atoms with Crippen molar-refractivity contribution >= 4 is 52.2 Å². The molecule has 3 heterocycles. The van der Waals surface area contributed by atoms with Crippen LogP contribution in [0.1, 0.15) is 29.4 Å². The van der Waals surface area contributed by atoms with Gasteiger partial charge in [-0.2, -0.15) is 5.10 Å². The lowest BCUT2D eigenvalue weighted by atomic mass is 9.85. The lowest BCUT2D eigenvalue weighted by Gasteiger charge is -2.38. The van der Waals surface area contributed by atoms with Crippen LogP contribution >= 0.6 is 23.2 Å². The highest BCUT2D eigenvalue weighted by Crippen LogP contribution is 2.34. The smallest absolute Gasteiger partial charge is 0.258 e. The average Bonchev–Trinajstić information content (AvgIpc) is 3.37. The van der Waals surface area contributed by atoms with Crippen LogP contribution in [-0.4, -0.2) is 33.5 Å². The van der Waals surface area contributed by atoms with Crippen LogP contribution in [0.5, 0.6) is 0 Å². The van der Waals surface area contributed by atoms with Crippen LogP contribution in [0.4, 0.5) is 17.2 Å². The highest BCUT2D eigenvalue weighted by Gasteiger charge is 2.35. The summed E-state index contributed by atoms with van der Waals surface area (Å²) in [7, 11) is 0. The Morgan fingerprint density at radius 1 is 1.07 bits per heavy atom. The number of halogens is 2. The number of rotatable bonds is 7. The Balaban J connectivity index is 1.51. The maximum atomic E-state index is 13.7. The summed E-state index contributed by atoms with van der Waals surface area (Å²) in [6, 6.07) is 18.0. The Kier molecular flexibility index (Phi) is 8.28. The fraction of sp³-hybridized carbons (Fsp3) is 0.200. The van der Waals surface area contributed by atoms with Gasteiger partial charge in [-0.15, -0.1) is 0 Å². The molecule has 2 amide bonds. The van der Waals surface area contributed by atoms with Crippen LogP contribution in [0.15, 0.2) is 78.8 Å². The number of nitrogens with two attached hydrogens (primary N) is 1. The summed E-state index contributed by atoms with van der Waals surface area (Å²) in [5.74, 6) is -0.347. The molecule has 2 aromatic heterocycles. The summed E-state index contributed by atoms with van der Waals surface area (Å²) in [4.78, 5) is 33.5. The van der Waals surface area contributed by atoms with Crippen LogP contribution < -0.4 is 21.3 Å². The van der Waals surface area contributed by atoms with Crippen molar-refractivity contribution in [2.45, 2.75) is 20.3 Å². The SMILES string of the molecule is CCC1CN(c2ccccc2)C(NC(=O)c2cc(-c3cccc(N)n3)c(Cl)cc2Cl)=CC1C(=O)Nc1cn[nH]c1C. The normalized spacial score (nSPS) is 16.7.